The van der Waals surface area contributed by atoms with Crippen molar-refractivity contribution in [2.75, 3.05) is 31.6 Å². The maximum absolute atomic E-state index is 11.0. The highest BCUT2D eigenvalue weighted by Crippen LogP contribution is 2.27. The van der Waals surface area contributed by atoms with Crippen LogP contribution in [0.3, 0.4) is 0 Å². The molecule has 2 aromatic rings. The van der Waals surface area contributed by atoms with E-state index in [0.717, 1.165) is 29.9 Å². The topological polar surface area (TPSA) is 41.6 Å². The second kappa shape index (κ2) is 9.76. The van der Waals surface area contributed by atoms with Crippen molar-refractivity contribution in [1.29, 1.82) is 0 Å². The quantitative estimate of drug-likeness (QED) is 0.622. The molecule has 1 heterocycles. The van der Waals surface area contributed by atoms with Crippen LogP contribution >= 0.6 is 34.8 Å². The van der Waals surface area contributed by atoms with Gasteiger partial charge in [-0.1, -0.05) is 41.4 Å². The molecule has 1 saturated heterocycles. The standard InChI is InChI=1S/C20H21Cl3N2O2/c21-17-2-1-3-18(22)16(17)12-24-15-6-4-14(5-7-15)19-13-25(10-11-27-19)9-8-20(23)26/h1-7,19,24H,8-13H2. The highest BCUT2D eigenvalue weighted by molar-refractivity contribution is 6.63. The molecule has 0 spiro atoms. The first-order chi connectivity index (χ1) is 13.0. The van der Waals surface area contributed by atoms with Gasteiger partial charge in [0.05, 0.1) is 12.7 Å². The maximum atomic E-state index is 11.0. The number of halogens is 3. The molecular weight excluding hydrogens is 407 g/mol. The summed E-state index contributed by atoms with van der Waals surface area (Å²) >= 11 is 17.9. The lowest BCUT2D eigenvalue weighted by atomic mass is 10.1. The van der Waals surface area contributed by atoms with Crippen LogP contribution in [0.2, 0.25) is 10.0 Å². The van der Waals surface area contributed by atoms with E-state index >= 15 is 0 Å². The third-order valence-electron chi connectivity index (χ3n) is 4.59. The summed E-state index contributed by atoms with van der Waals surface area (Å²) in [7, 11) is 0. The van der Waals surface area contributed by atoms with Crippen molar-refractivity contribution in [3.05, 3.63) is 63.6 Å². The number of nitrogens with one attached hydrogen (secondary N) is 1. The molecule has 1 aliphatic rings. The summed E-state index contributed by atoms with van der Waals surface area (Å²) in [5.74, 6) is 0. The number of morpholine rings is 1. The lowest BCUT2D eigenvalue weighted by Crippen LogP contribution is -2.39. The van der Waals surface area contributed by atoms with E-state index in [9.17, 15) is 4.79 Å². The van der Waals surface area contributed by atoms with Crippen LogP contribution in [0.25, 0.3) is 0 Å². The molecule has 0 saturated carbocycles. The summed E-state index contributed by atoms with van der Waals surface area (Å²) in [6.07, 6.45) is 0.359. The van der Waals surface area contributed by atoms with Crippen LogP contribution < -0.4 is 5.32 Å². The summed E-state index contributed by atoms with van der Waals surface area (Å²) < 4.78 is 5.89. The Morgan fingerprint density at radius 3 is 2.52 bits per heavy atom. The van der Waals surface area contributed by atoms with Crippen LogP contribution in [0, 0.1) is 0 Å². The Morgan fingerprint density at radius 2 is 1.85 bits per heavy atom. The molecule has 3 rings (SSSR count). The Morgan fingerprint density at radius 1 is 1.15 bits per heavy atom. The van der Waals surface area contributed by atoms with Crippen molar-refractivity contribution < 1.29 is 9.53 Å². The van der Waals surface area contributed by atoms with Crippen molar-refractivity contribution in [2.45, 2.75) is 19.1 Å². The van der Waals surface area contributed by atoms with E-state index in [-0.39, 0.29) is 11.3 Å². The van der Waals surface area contributed by atoms with Gasteiger partial charge in [0.2, 0.25) is 5.24 Å². The van der Waals surface area contributed by atoms with Gasteiger partial charge in [-0.25, -0.2) is 0 Å². The average Bonchev–Trinajstić information content (AvgIpc) is 2.67. The Balaban J connectivity index is 1.57. The van der Waals surface area contributed by atoms with Crippen molar-refractivity contribution >= 4 is 45.7 Å². The van der Waals surface area contributed by atoms with Crippen LogP contribution in [0.4, 0.5) is 5.69 Å². The molecular formula is C20H21Cl3N2O2. The molecule has 1 atom stereocenters. The van der Waals surface area contributed by atoms with E-state index in [2.05, 4.69) is 22.3 Å². The molecule has 0 aromatic heterocycles. The minimum Gasteiger partial charge on any atom is -0.381 e. The SMILES string of the molecule is O=C(Cl)CCN1CCOC(c2ccc(NCc3c(Cl)cccc3Cl)cc2)C1. The second-order valence-corrected chi connectivity index (χ2v) is 7.68. The molecule has 4 nitrogen and oxygen atoms in total. The normalized spacial score (nSPS) is 17.7. The predicted octanol–water partition coefficient (Wildman–Crippen LogP) is 5.13. The number of rotatable bonds is 7. The number of nitrogens with zero attached hydrogens (tertiary/aromatic N) is 1. The number of hydrogen-bond acceptors (Lipinski definition) is 4. The minimum atomic E-state index is -0.299. The van der Waals surface area contributed by atoms with Crippen molar-refractivity contribution in [2.24, 2.45) is 0 Å². The average molecular weight is 428 g/mol. The fourth-order valence-electron chi connectivity index (χ4n) is 3.06. The Labute approximate surface area is 174 Å². The number of hydrogen-bond donors (Lipinski definition) is 1. The predicted molar refractivity (Wildman–Crippen MR) is 111 cm³/mol. The number of carbonyl (C=O) groups excluding carboxylic acids is 1. The summed E-state index contributed by atoms with van der Waals surface area (Å²) in [6, 6.07) is 13.6. The van der Waals surface area contributed by atoms with Gasteiger partial charge >= 0.3 is 0 Å². The van der Waals surface area contributed by atoms with E-state index in [1.807, 2.05) is 30.3 Å². The summed E-state index contributed by atoms with van der Waals surface area (Å²) in [5.41, 5.74) is 2.97. The van der Waals surface area contributed by atoms with Crippen molar-refractivity contribution in [1.82, 2.24) is 4.90 Å². The molecule has 7 heteroatoms. The first-order valence-corrected chi connectivity index (χ1v) is 9.95. The molecule has 2 aromatic carbocycles. The third kappa shape index (κ3) is 5.84. The Hall–Kier alpha value is -1.30. The molecule has 0 amide bonds. The molecule has 1 fully saturated rings. The Kier molecular flexibility index (Phi) is 7.39. The zero-order valence-corrected chi connectivity index (χ0v) is 17.0. The summed E-state index contributed by atoms with van der Waals surface area (Å²) in [5, 5.41) is 4.34. The molecule has 0 radical (unpaired) electrons. The fraction of sp³-hybridized carbons (Fsp3) is 0.350. The number of ether oxygens (including phenoxy) is 1. The number of carbonyl (C=O) groups is 1. The van der Waals surface area contributed by atoms with Gasteiger partial charge in [0.1, 0.15) is 0 Å². The van der Waals surface area contributed by atoms with Gasteiger partial charge in [-0.2, -0.15) is 0 Å². The number of anilines is 1. The van der Waals surface area contributed by atoms with Crippen molar-refractivity contribution in [3.8, 4) is 0 Å². The first kappa shape index (κ1) is 20.4. The van der Waals surface area contributed by atoms with Crippen LogP contribution in [0.5, 0.6) is 0 Å². The van der Waals surface area contributed by atoms with Gasteiger partial charge < -0.3 is 10.1 Å². The van der Waals surface area contributed by atoms with E-state index in [1.165, 1.54) is 0 Å². The highest BCUT2D eigenvalue weighted by atomic mass is 35.5. The van der Waals surface area contributed by atoms with Crippen LogP contribution in [-0.2, 0) is 16.1 Å². The molecule has 0 aliphatic carbocycles. The first-order valence-electron chi connectivity index (χ1n) is 8.82. The molecule has 1 unspecified atom stereocenters. The Bertz CT molecular complexity index is 763. The zero-order valence-electron chi connectivity index (χ0n) is 14.8. The third-order valence-corrected chi connectivity index (χ3v) is 5.49. The fourth-order valence-corrected chi connectivity index (χ4v) is 3.68. The molecule has 0 bridgehead atoms. The monoisotopic (exact) mass is 426 g/mol. The zero-order chi connectivity index (χ0) is 19.2. The van der Waals surface area contributed by atoms with Gasteiger partial charge in [-0.3, -0.25) is 9.69 Å². The summed E-state index contributed by atoms with van der Waals surface area (Å²) in [4.78, 5) is 13.2. The van der Waals surface area contributed by atoms with E-state index in [0.29, 0.717) is 36.2 Å². The van der Waals surface area contributed by atoms with Crippen LogP contribution in [0.15, 0.2) is 42.5 Å². The van der Waals surface area contributed by atoms with Gasteiger partial charge in [0.25, 0.3) is 0 Å². The van der Waals surface area contributed by atoms with E-state index in [1.54, 1.807) is 0 Å². The summed E-state index contributed by atoms with van der Waals surface area (Å²) in [6.45, 7) is 3.44. The largest absolute Gasteiger partial charge is 0.381 e. The van der Waals surface area contributed by atoms with E-state index in [4.69, 9.17) is 39.5 Å². The van der Waals surface area contributed by atoms with Gasteiger partial charge in [0, 0.05) is 53.9 Å². The lowest BCUT2D eigenvalue weighted by molar-refractivity contribution is -0.112. The van der Waals surface area contributed by atoms with E-state index < -0.39 is 0 Å². The molecule has 144 valence electrons. The van der Waals surface area contributed by atoms with Crippen molar-refractivity contribution in [3.63, 3.8) is 0 Å². The van der Waals surface area contributed by atoms with Gasteiger partial charge in [-0.15, -0.1) is 0 Å². The highest BCUT2D eigenvalue weighted by Gasteiger charge is 2.22. The number of benzene rings is 2. The van der Waals surface area contributed by atoms with Gasteiger partial charge in [-0.05, 0) is 41.4 Å². The van der Waals surface area contributed by atoms with Crippen LogP contribution in [0.1, 0.15) is 23.7 Å². The van der Waals surface area contributed by atoms with Gasteiger partial charge in [0.15, 0.2) is 0 Å². The smallest absolute Gasteiger partial charge is 0.222 e. The lowest BCUT2D eigenvalue weighted by Gasteiger charge is -2.33. The second-order valence-electron chi connectivity index (χ2n) is 6.44. The minimum absolute atomic E-state index is 0.00348. The molecule has 27 heavy (non-hydrogen) atoms. The molecule has 1 N–H and O–H groups in total. The molecule has 1 aliphatic heterocycles. The van der Waals surface area contributed by atoms with Crippen LogP contribution in [-0.4, -0.2) is 36.4 Å². The maximum Gasteiger partial charge on any atom is 0.222 e.